The Morgan fingerprint density at radius 2 is 1.80 bits per heavy atom. The summed E-state index contributed by atoms with van der Waals surface area (Å²) >= 11 is 0. The number of benzene rings is 2. The molecule has 30 heavy (non-hydrogen) atoms. The van der Waals surface area contributed by atoms with Crippen LogP contribution < -0.4 is 10.2 Å². The third kappa shape index (κ3) is 4.44. The molecule has 0 bridgehead atoms. The Bertz CT molecular complexity index is 1030. The molecule has 8 heteroatoms. The third-order valence-electron chi connectivity index (χ3n) is 5.13. The third-order valence-corrected chi connectivity index (χ3v) is 5.13. The number of carbonyl (C=O) groups excluding carboxylic acids is 1. The summed E-state index contributed by atoms with van der Waals surface area (Å²) in [6.07, 6.45) is 0. The van der Waals surface area contributed by atoms with E-state index < -0.39 is 5.82 Å². The molecule has 7 nitrogen and oxygen atoms in total. The lowest BCUT2D eigenvalue weighted by Crippen LogP contribution is -2.48. The highest BCUT2D eigenvalue weighted by Gasteiger charge is 2.20. The van der Waals surface area contributed by atoms with E-state index >= 15 is 0 Å². The summed E-state index contributed by atoms with van der Waals surface area (Å²) in [6.45, 7) is 5.15. The number of rotatable bonds is 5. The minimum absolute atomic E-state index is 0.162. The Morgan fingerprint density at radius 1 is 1.10 bits per heavy atom. The van der Waals surface area contributed by atoms with Crippen molar-refractivity contribution in [2.75, 3.05) is 42.9 Å². The first-order valence-corrected chi connectivity index (χ1v) is 9.87. The first-order valence-electron chi connectivity index (χ1n) is 9.87. The van der Waals surface area contributed by atoms with E-state index in [-0.39, 0.29) is 18.2 Å². The van der Waals surface area contributed by atoms with E-state index in [1.807, 2.05) is 12.1 Å². The van der Waals surface area contributed by atoms with Crippen molar-refractivity contribution in [1.82, 2.24) is 14.7 Å². The van der Waals surface area contributed by atoms with Gasteiger partial charge in [-0.15, -0.1) is 0 Å². The second kappa shape index (κ2) is 8.54. The van der Waals surface area contributed by atoms with Gasteiger partial charge in [0.1, 0.15) is 23.1 Å². The average molecular weight is 409 g/mol. The monoisotopic (exact) mass is 409 g/mol. The second-order valence-electron chi connectivity index (χ2n) is 7.36. The highest BCUT2D eigenvalue weighted by molar-refractivity contribution is 5.91. The van der Waals surface area contributed by atoms with Crippen LogP contribution in [0, 0.1) is 12.7 Å². The molecular formula is C22H24FN5O2. The highest BCUT2D eigenvalue weighted by Crippen LogP contribution is 2.21. The zero-order chi connectivity index (χ0) is 21.1. The first kappa shape index (κ1) is 19.9. The van der Waals surface area contributed by atoms with Crippen LogP contribution in [0.1, 0.15) is 5.69 Å². The van der Waals surface area contributed by atoms with Crippen molar-refractivity contribution in [3.05, 3.63) is 66.1 Å². The number of piperazine rings is 1. The molecule has 1 saturated heterocycles. The zero-order valence-corrected chi connectivity index (χ0v) is 16.8. The van der Waals surface area contributed by atoms with Gasteiger partial charge in [0.25, 0.3) is 0 Å². The average Bonchev–Trinajstić information content (AvgIpc) is 3.09. The van der Waals surface area contributed by atoms with E-state index in [1.54, 1.807) is 43.3 Å². The van der Waals surface area contributed by atoms with Crippen molar-refractivity contribution in [2.45, 2.75) is 6.92 Å². The van der Waals surface area contributed by atoms with Crippen LogP contribution in [-0.2, 0) is 4.79 Å². The normalized spacial score (nSPS) is 14.7. The van der Waals surface area contributed by atoms with E-state index in [0.717, 1.165) is 31.9 Å². The van der Waals surface area contributed by atoms with Crippen molar-refractivity contribution in [2.24, 2.45) is 0 Å². The number of carbonyl (C=O) groups is 1. The van der Waals surface area contributed by atoms with Crippen LogP contribution in [0.4, 0.5) is 15.9 Å². The predicted octanol–water partition coefficient (Wildman–Crippen LogP) is 2.79. The summed E-state index contributed by atoms with van der Waals surface area (Å²) in [5.74, 6) is 0.135. The molecule has 2 aromatic carbocycles. The van der Waals surface area contributed by atoms with E-state index in [2.05, 4.69) is 20.2 Å². The van der Waals surface area contributed by atoms with Crippen molar-refractivity contribution < 1.29 is 14.3 Å². The zero-order valence-electron chi connectivity index (χ0n) is 16.8. The summed E-state index contributed by atoms with van der Waals surface area (Å²) in [7, 11) is 0. The van der Waals surface area contributed by atoms with Gasteiger partial charge in [0, 0.05) is 37.9 Å². The van der Waals surface area contributed by atoms with Crippen LogP contribution in [0.25, 0.3) is 5.69 Å². The van der Waals surface area contributed by atoms with Crippen molar-refractivity contribution >= 4 is 17.4 Å². The van der Waals surface area contributed by atoms with Gasteiger partial charge in [-0.3, -0.25) is 9.69 Å². The maximum Gasteiger partial charge on any atom is 0.239 e. The number of aromatic nitrogens is 2. The molecule has 3 aromatic rings. The largest absolute Gasteiger partial charge is 0.508 e. The molecule has 4 rings (SSSR count). The second-order valence-corrected chi connectivity index (χ2v) is 7.36. The number of anilines is 2. The molecule has 1 fully saturated rings. The molecule has 0 unspecified atom stereocenters. The predicted molar refractivity (Wildman–Crippen MR) is 114 cm³/mol. The number of para-hydroxylation sites is 1. The SMILES string of the molecule is Cc1cc(NC(=O)CN2CCN(c3ccc(O)cc3)CC2)n(-c2ccccc2F)n1. The van der Waals surface area contributed by atoms with Gasteiger partial charge in [-0.25, -0.2) is 9.07 Å². The molecule has 2 heterocycles. The summed E-state index contributed by atoms with van der Waals surface area (Å²) in [6, 6.07) is 15.2. The maximum absolute atomic E-state index is 14.2. The molecular weight excluding hydrogens is 385 g/mol. The Morgan fingerprint density at radius 3 is 2.50 bits per heavy atom. The summed E-state index contributed by atoms with van der Waals surface area (Å²) < 4.78 is 15.6. The lowest BCUT2D eigenvalue weighted by atomic mass is 10.2. The van der Waals surface area contributed by atoms with E-state index in [0.29, 0.717) is 17.2 Å². The van der Waals surface area contributed by atoms with E-state index in [9.17, 15) is 14.3 Å². The fraction of sp³-hybridized carbons (Fsp3) is 0.273. The molecule has 1 aromatic heterocycles. The van der Waals surface area contributed by atoms with E-state index in [4.69, 9.17) is 0 Å². The Balaban J connectivity index is 1.36. The maximum atomic E-state index is 14.2. The number of halogens is 1. The highest BCUT2D eigenvalue weighted by atomic mass is 19.1. The van der Waals surface area contributed by atoms with Crippen molar-refractivity contribution in [3.63, 3.8) is 0 Å². The number of hydrogen-bond acceptors (Lipinski definition) is 5. The number of hydrogen-bond donors (Lipinski definition) is 2. The summed E-state index contributed by atoms with van der Waals surface area (Å²) in [5, 5.41) is 16.6. The molecule has 156 valence electrons. The van der Waals surface area contributed by atoms with Crippen LogP contribution in [0.2, 0.25) is 0 Å². The molecule has 1 aliphatic heterocycles. The number of amides is 1. The molecule has 0 radical (unpaired) electrons. The van der Waals surface area contributed by atoms with Gasteiger partial charge in [0.15, 0.2) is 0 Å². The van der Waals surface area contributed by atoms with Gasteiger partial charge < -0.3 is 15.3 Å². The number of aryl methyl sites for hydroxylation is 1. The fourth-order valence-electron chi connectivity index (χ4n) is 3.61. The van der Waals surface area contributed by atoms with Gasteiger partial charge in [0.2, 0.25) is 5.91 Å². The number of phenolic OH excluding ortho intramolecular Hbond substituents is 1. The number of nitrogens with zero attached hydrogens (tertiary/aromatic N) is 4. The standard InChI is InChI=1S/C22H24FN5O2/c1-16-14-21(28(25-16)20-5-3-2-4-19(20)23)24-22(30)15-26-10-12-27(13-11-26)17-6-8-18(29)9-7-17/h2-9,14,29H,10-13,15H2,1H3,(H,24,30). The molecule has 0 spiro atoms. The first-order chi connectivity index (χ1) is 14.5. The molecule has 1 amide bonds. The Kier molecular flexibility index (Phi) is 5.67. The molecule has 0 saturated carbocycles. The minimum atomic E-state index is -0.401. The number of nitrogens with one attached hydrogen (secondary N) is 1. The van der Waals surface area contributed by atoms with Gasteiger partial charge in [0.05, 0.1) is 12.2 Å². The number of aromatic hydroxyl groups is 1. The van der Waals surface area contributed by atoms with Gasteiger partial charge in [-0.2, -0.15) is 5.10 Å². The Hall–Kier alpha value is -3.39. The van der Waals surface area contributed by atoms with Gasteiger partial charge >= 0.3 is 0 Å². The van der Waals surface area contributed by atoms with Crippen LogP contribution in [-0.4, -0.2) is 58.4 Å². The van der Waals surface area contributed by atoms with Crippen LogP contribution in [0.5, 0.6) is 5.75 Å². The Labute approximate surface area is 174 Å². The lowest BCUT2D eigenvalue weighted by Gasteiger charge is -2.35. The minimum Gasteiger partial charge on any atom is -0.508 e. The molecule has 2 N–H and O–H groups in total. The fourth-order valence-corrected chi connectivity index (χ4v) is 3.61. The summed E-state index contributed by atoms with van der Waals surface area (Å²) in [4.78, 5) is 16.9. The van der Waals surface area contributed by atoms with Crippen molar-refractivity contribution in [3.8, 4) is 11.4 Å². The summed E-state index contributed by atoms with van der Waals surface area (Å²) in [5.41, 5.74) is 2.04. The smallest absolute Gasteiger partial charge is 0.239 e. The molecule has 0 atom stereocenters. The van der Waals surface area contributed by atoms with Crippen LogP contribution in [0.3, 0.4) is 0 Å². The van der Waals surface area contributed by atoms with Crippen molar-refractivity contribution in [1.29, 1.82) is 0 Å². The number of phenols is 1. The van der Waals surface area contributed by atoms with Gasteiger partial charge in [-0.1, -0.05) is 12.1 Å². The van der Waals surface area contributed by atoms with Crippen LogP contribution in [0.15, 0.2) is 54.6 Å². The molecule has 1 aliphatic rings. The van der Waals surface area contributed by atoms with E-state index in [1.165, 1.54) is 10.7 Å². The topological polar surface area (TPSA) is 73.6 Å². The lowest BCUT2D eigenvalue weighted by molar-refractivity contribution is -0.117. The van der Waals surface area contributed by atoms with Crippen LogP contribution >= 0.6 is 0 Å². The van der Waals surface area contributed by atoms with Gasteiger partial charge in [-0.05, 0) is 43.3 Å². The molecule has 0 aliphatic carbocycles. The quantitative estimate of drug-likeness (QED) is 0.678.